The van der Waals surface area contributed by atoms with Crippen LogP contribution in [0.5, 0.6) is 0 Å². The molecule has 0 amide bonds. The summed E-state index contributed by atoms with van der Waals surface area (Å²) in [7, 11) is -3.65. The Morgan fingerprint density at radius 3 is 2.19 bits per heavy atom. The van der Waals surface area contributed by atoms with Crippen LogP contribution in [0.15, 0.2) is 47.4 Å². The molecule has 0 aromatic heterocycles. The van der Waals surface area contributed by atoms with E-state index in [9.17, 15) is 12.8 Å². The number of primary sulfonamides is 1. The Kier molecular flexibility index (Phi) is 4.72. The Morgan fingerprint density at radius 1 is 1.05 bits per heavy atom. The van der Waals surface area contributed by atoms with E-state index in [2.05, 4.69) is 5.32 Å². The monoisotopic (exact) mass is 308 g/mol. The normalized spacial score (nSPS) is 11.6. The lowest BCUT2D eigenvalue weighted by Gasteiger charge is -2.07. The molecule has 0 unspecified atom stereocenters. The van der Waals surface area contributed by atoms with E-state index in [4.69, 9.17) is 5.14 Å². The van der Waals surface area contributed by atoms with E-state index in [0.717, 1.165) is 11.1 Å². The highest BCUT2D eigenvalue weighted by molar-refractivity contribution is 7.89. The number of nitrogens with two attached hydrogens (primary N) is 1. The summed E-state index contributed by atoms with van der Waals surface area (Å²) in [5.41, 5.74) is 2.41. The first-order valence-corrected chi connectivity index (χ1v) is 7.98. The Hall–Kier alpha value is -1.76. The van der Waals surface area contributed by atoms with Crippen LogP contribution in [0.3, 0.4) is 0 Å². The van der Waals surface area contributed by atoms with Crippen molar-refractivity contribution in [2.75, 3.05) is 0 Å². The maximum atomic E-state index is 13.4. The molecule has 21 heavy (non-hydrogen) atoms. The van der Waals surface area contributed by atoms with E-state index in [1.807, 2.05) is 6.07 Å². The fraction of sp³-hybridized carbons (Fsp3) is 0.200. The fourth-order valence-electron chi connectivity index (χ4n) is 1.89. The van der Waals surface area contributed by atoms with Gasteiger partial charge < -0.3 is 5.32 Å². The van der Waals surface area contributed by atoms with Crippen molar-refractivity contribution in [1.29, 1.82) is 0 Å². The zero-order valence-corrected chi connectivity index (χ0v) is 12.5. The zero-order chi connectivity index (χ0) is 15.5. The molecule has 0 fully saturated rings. The number of benzene rings is 2. The minimum Gasteiger partial charge on any atom is -0.309 e. The van der Waals surface area contributed by atoms with E-state index in [1.54, 1.807) is 25.1 Å². The lowest BCUT2D eigenvalue weighted by molar-refractivity contribution is 0.597. The molecule has 2 aromatic rings. The smallest absolute Gasteiger partial charge is 0.238 e. The quantitative estimate of drug-likeness (QED) is 0.888. The van der Waals surface area contributed by atoms with Crippen molar-refractivity contribution in [3.63, 3.8) is 0 Å². The van der Waals surface area contributed by atoms with Gasteiger partial charge in [-0.3, -0.25) is 0 Å². The molecule has 0 aliphatic carbocycles. The number of hydrogen-bond acceptors (Lipinski definition) is 3. The van der Waals surface area contributed by atoms with Crippen LogP contribution in [0, 0.1) is 12.7 Å². The number of rotatable bonds is 5. The molecule has 0 saturated carbocycles. The number of halogens is 1. The minimum absolute atomic E-state index is 0.0897. The van der Waals surface area contributed by atoms with Crippen molar-refractivity contribution >= 4 is 10.0 Å². The van der Waals surface area contributed by atoms with E-state index >= 15 is 0 Å². The molecule has 4 nitrogen and oxygen atoms in total. The molecule has 0 aliphatic heterocycles. The van der Waals surface area contributed by atoms with E-state index in [0.29, 0.717) is 18.7 Å². The summed E-state index contributed by atoms with van der Waals surface area (Å²) in [6, 6.07) is 11.5. The lowest BCUT2D eigenvalue weighted by atomic mass is 10.1. The van der Waals surface area contributed by atoms with Gasteiger partial charge in [-0.25, -0.2) is 17.9 Å². The predicted molar refractivity (Wildman–Crippen MR) is 79.5 cm³/mol. The van der Waals surface area contributed by atoms with Gasteiger partial charge in [0, 0.05) is 13.1 Å². The summed E-state index contributed by atoms with van der Waals surface area (Å²) in [6.07, 6.45) is 0. The van der Waals surface area contributed by atoms with Crippen molar-refractivity contribution in [1.82, 2.24) is 5.32 Å². The van der Waals surface area contributed by atoms with Gasteiger partial charge in [0.2, 0.25) is 10.0 Å². The van der Waals surface area contributed by atoms with Gasteiger partial charge in [-0.2, -0.15) is 0 Å². The van der Waals surface area contributed by atoms with Crippen LogP contribution in [0.2, 0.25) is 0 Å². The molecule has 0 saturated heterocycles. The van der Waals surface area contributed by atoms with Crippen LogP contribution in [-0.4, -0.2) is 8.42 Å². The first kappa shape index (κ1) is 15.6. The lowest BCUT2D eigenvalue weighted by Crippen LogP contribution is -2.14. The molecule has 0 atom stereocenters. The second kappa shape index (κ2) is 6.34. The zero-order valence-electron chi connectivity index (χ0n) is 11.6. The minimum atomic E-state index is -3.65. The average Bonchev–Trinajstić information content (AvgIpc) is 2.42. The molecule has 0 bridgehead atoms. The highest BCUT2D eigenvalue weighted by Gasteiger charge is 2.06. The van der Waals surface area contributed by atoms with Crippen molar-refractivity contribution in [3.05, 3.63) is 65.0 Å². The van der Waals surface area contributed by atoms with Crippen molar-refractivity contribution in [3.8, 4) is 0 Å². The Balaban J connectivity index is 1.93. The maximum absolute atomic E-state index is 13.4. The number of sulfonamides is 1. The number of aryl methyl sites for hydroxylation is 1. The van der Waals surface area contributed by atoms with Gasteiger partial charge in [0.25, 0.3) is 0 Å². The molecule has 3 N–H and O–H groups in total. The predicted octanol–water partition coefficient (Wildman–Crippen LogP) is 2.07. The van der Waals surface area contributed by atoms with Gasteiger partial charge in [-0.1, -0.05) is 24.3 Å². The van der Waals surface area contributed by atoms with Crippen LogP contribution in [-0.2, 0) is 23.1 Å². The molecule has 112 valence electrons. The number of hydrogen-bond donors (Lipinski definition) is 2. The van der Waals surface area contributed by atoms with Gasteiger partial charge in [0.15, 0.2) is 0 Å². The molecule has 2 aromatic carbocycles. The molecular formula is C15H17FN2O2S. The van der Waals surface area contributed by atoms with Crippen LogP contribution in [0.1, 0.15) is 16.7 Å². The summed E-state index contributed by atoms with van der Waals surface area (Å²) in [5, 5.41) is 8.21. The van der Waals surface area contributed by atoms with E-state index in [1.165, 1.54) is 18.2 Å². The maximum Gasteiger partial charge on any atom is 0.238 e. The molecule has 0 heterocycles. The summed E-state index contributed by atoms with van der Waals surface area (Å²) < 4.78 is 35.6. The second-order valence-electron chi connectivity index (χ2n) is 4.88. The third kappa shape index (κ3) is 4.35. The van der Waals surface area contributed by atoms with Gasteiger partial charge in [-0.15, -0.1) is 0 Å². The highest BCUT2D eigenvalue weighted by Crippen LogP contribution is 2.10. The first-order chi connectivity index (χ1) is 9.86. The molecule has 2 rings (SSSR count). The summed E-state index contributed by atoms with van der Waals surface area (Å²) in [4.78, 5) is 0.0897. The van der Waals surface area contributed by atoms with Gasteiger partial charge in [0.05, 0.1) is 4.90 Å². The van der Waals surface area contributed by atoms with Crippen LogP contribution < -0.4 is 10.5 Å². The van der Waals surface area contributed by atoms with E-state index < -0.39 is 10.0 Å². The topological polar surface area (TPSA) is 72.2 Å². The van der Waals surface area contributed by atoms with Crippen LogP contribution >= 0.6 is 0 Å². The number of nitrogens with one attached hydrogen (secondary N) is 1. The van der Waals surface area contributed by atoms with Gasteiger partial charge >= 0.3 is 0 Å². The van der Waals surface area contributed by atoms with Crippen molar-refractivity contribution in [2.45, 2.75) is 24.9 Å². The third-order valence-electron chi connectivity index (χ3n) is 3.15. The fourth-order valence-corrected chi connectivity index (χ4v) is 2.41. The summed E-state index contributed by atoms with van der Waals surface area (Å²) in [5.74, 6) is -0.216. The largest absolute Gasteiger partial charge is 0.309 e. The first-order valence-electron chi connectivity index (χ1n) is 6.44. The Bertz CT molecular complexity index is 728. The van der Waals surface area contributed by atoms with Crippen molar-refractivity contribution in [2.24, 2.45) is 5.14 Å². The Labute approximate surface area is 123 Å². The molecule has 0 spiro atoms. The van der Waals surface area contributed by atoms with E-state index in [-0.39, 0.29) is 10.7 Å². The van der Waals surface area contributed by atoms with Gasteiger partial charge in [-0.05, 0) is 41.8 Å². The third-order valence-corrected chi connectivity index (χ3v) is 4.08. The molecular weight excluding hydrogens is 291 g/mol. The average molecular weight is 308 g/mol. The molecule has 6 heteroatoms. The SMILES string of the molecule is Cc1ccc(CNCc2ccc(S(N)(=O)=O)cc2)cc1F. The molecule has 0 radical (unpaired) electrons. The second-order valence-corrected chi connectivity index (χ2v) is 6.44. The standard InChI is InChI=1S/C15H17FN2O2S/c1-11-2-3-13(8-15(11)16)10-18-9-12-4-6-14(7-5-12)21(17,19)20/h2-8,18H,9-10H2,1H3,(H2,17,19,20). The van der Waals surface area contributed by atoms with Crippen molar-refractivity contribution < 1.29 is 12.8 Å². The summed E-state index contributed by atoms with van der Waals surface area (Å²) >= 11 is 0. The Morgan fingerprint density at radius 2 is 1.62 bits per heavy atom. The molecule has 0 aliphatic rings. The van der Waals surface area contributed by atoms with Gasteiger partial charge in [0.1, 0.15) is 5.82 Å². The summed E-state index contributed by atoms with van der Waals surface area (Å²) in [6.45, 7) is 2.81. The van der Waals surface area contributed by atoms with Crippen LogP contribution in [0.25, 0.3) is 0 Å². The van der Waals surface area contributed by atoms with Crippen LogP contribution in [0.4, 0.5) is 4.39 Å². The highest BCUT2D eigenvalue weighted by atomic mass is 32.2.